The third-order valence-electron chi connectivity index (χ3n) is 5.18. The largest absolute Gasteiger partial charge is 0.357 e. The van der Waals surface area contributed by atoms with Crippen LogP contribution in [0.1, 0.15) is 31.2 Å². The van der Waals surface area contributed by atoms with Crippen LogP contribution in [-0.4, -0.2) is 40.7 Å². The van der Waals surface area contributed by atoms with Crippen LogP contribution in [0.25, 0.3) is 11.6 Å². The zero-order valence-corrected chi connectivity index (χ0v) is 16.9. The molecule has 0 bridgehead atoms. The van der Waals surface area contributed by atoms with Crippen molar-refractivity contribution in [2.24, 2.45) is 4.99 Å². The maximum absolute atomic E-state index is 14.2. The summed E-state index contributed by atoms with van der Waals surface area (Å²) in [6.45, 7) is 3.90. The van der Waals surface area contributed by atoms with E-state index in [0.717, 1.165) is 24.9 Å². The molecular formula is C22H25FN6O. The van der Waals surface area contributed by atoms with Gasteiger partial charge in [-0.15, -0.1) is 0 Å². The number of halogens is 1. The Kier molecular flexibility index (Phi) is 6.02. The summed E-state index contributed by atoms with van der Waals surface area (Å²) in [6, 6.07) is 12.5. The number of benzene rings is 1. The molecular weight excluding hydrogens is 383 g/mol. The average Bonchev–Trinajstić information content (AvgIpc) is 3.41. The van der Waals surface area contributed by atoms with Gasteiger partial charge in [-0.1, -0.05) is 29.4 Å². The molecule has 0 spiro atoms. The molecule has 4 rings (SSSR count). The molecule has 0 aliphatic heterocycles. The minimum absolute atomic E-state index is 0.149. The molecule has 0 saturated heterocycles. The minimum atomic E-state index is -0.182. The van der Waals surface area contributed by atoms with Crippen LogP contribution in [0.5, 0.6) is 0 Å². The summed E-state index contributed by atoms with van der Waals surface area (Å²) in [5, 5.41) is 10.5. The number of hydrogen-bond donors (Lipinski definition) is 2. The summed E-state index contributed by atoms with van der Waals surface area (Å²) in [5.41, 5.74) is 1.24. The molecule has 0 radical (unpaired) electrons. The van der Waals surface area contributed by atoms with Crippen molar-refractivity contribution in [3.05, 3.63) is 65.9 Å². The molecule has 0 unspecified atom stereocenters. The predicted octanol–water partition coefficient (Wildman–Crippen LogP) is 3.10. The third-order valence-corrected chi connectivity index (χ3v) is 5.18. The van der Waals surface area contributed by atoms with E-state index in [1.807, 2.05) is 37.3 Å². The Morgan fingerprint density at radius 2 is 2.00 bits per heavy atom. The maximum Gasteiger partial charge on any atom is 0.276 e. The van der Waals surface area contributed by atoms with Gasteiger partial charge in [0.15, 0.2) is 11.8 Å². The number of guanidine groups is 1. The molecule has 1 fully saturated rings. The van der Waals surface area contributed by atoms with E-state index < -0.39 is 0 Å². The highest BCUT2D eigenvalue weighted by Gasteiger charge is 2.45. The van der Waals surface area contributed by atoms with Gasteiger partial charge >= 0.3 is 0 Å². The molecule has 1 aliphatic carbocycles. The van der Waals surface area contributed by atoms with Crippen molar-refractivity contribution >= 4 is 5.96 Å². The van der Waals surface area contributed by atoms with Crippen LogP contribution in [0.3, 0.4) is 0 Å². The van der Waals surface area contributed by atoms with Gasteiger partial charge in [0, 0.05) is 31.1 Å². The highest BCUT2D eigenvalue weighted by atomic mass is 19.1. The molecule has 30 heavy (non-hydrogen) atoms. The van der Waals surface area contributed by atoms with Gasteiger partial charge < -0.3 is 15.2 Å². The molecule has 1 aliphatic rings. The van der Waals surface area contributed by atoms with E-state index in [0.29, 0.717) is 42.9 Å². The Bertz CT molecular complexity index is 1000. The first kappa shape index (κ1) is 20.0. The van der Waals surface area contributed by atoms with Gasteiger partial charge in [0.25, 0.3) is 5.89 Å². The van der Waals surface area contributed by atoms with Gasteiger partial charge in [-0.25, -0.2) is 4.39 Å². The summed E-state index contributed by atoms with van der Waals surface area (Å²) in [5.74, 6) is 1.56. The number of nitrogens with one attached hydrogen (secondary N) is 2. The van der Waals surface area contributed by atoms with E-state index in [-0.39, 0.29) is 11.2 Å². The summed E-state index contributed by atoms with van der Waals surface area (Å²) in [7, 11) is 0. The normalized spacial score (nSPS) is 15.1. The van der Waals surface area contributed by atoms with E-state index in [4.69, 9.17) is 9.52 Å². The fourth-order valence-corrected chi connectivity index (χ4v) is 3.37. The topological polar surface area (TPSA) is 88.2 Å². The average molecular weight is 408 g/mol. The lowest BCUT2D eigenvalue weighted by Crippen LogP contribution is -2.39. The molecule has 1 saturated carbocycles. The second-order valence-corrected chi connectivity index (χ2v) is 7.36. The lowest BCUT2D eigenvalue weighted by Gasteiger charge is -2.16. The highest BCUT2D eigenvalue weighted by Crippen LogP contribution is 2.49. The summed E-state index contributed by atoms with van der Waals surface area (Å²) in [4.78, 5) is 13.3. The molecule has 0 atom stereocenters. The van der Waals surface area contributed by atoms with Crippen molar-refractivity contribution in [3.63, 3.8) is 0 Å². The van der Waals surface area contributed by atoms with Crippen molar-refractivity contribution in [1.29, 1.82) is 0 Å². The van der Waals surface area contributed by atoms with Crippen molar-refractivity contribution in [2.75, 3.05) is 19.6 Å². The first-order valence-electron chi connectivity index (χ1n) is 10.2. The van der Waals surface area contributed by atoms with Crippen molar-refractivity contribution in [2.45, 2.75) is 31.6 Å². The molecule has 156 valence electrons. The Labute approximate surface area is 174 Å². The Balaban J connectivity index is 1.34. The molecule has 2 aromatic heterocycles. The van der Waals surface area contributed by atoms with Gasteiger partial charge in [-0.3, -0.25) is 9.98 Å². The van der Waals surface area contributed by atoms with Gasteiger partial charge in [-0.05, 0) is 43.5 Å². The second-order valence-electron chi connectivity index (χ2n) is 7.36. The Morgan fingerprint density at radius 1 is 1.17 bits per heavy atom. The van der Waals surface area contributed by atoms with Crippen LogP contribution in [0.2, 0.25) is 0 Å². The van der Waals surface area contributed by atoms with Crippen LogP contribution < -0.4 is 10.6 Å². The van der Waals surface area contributed by atoms with E-state index in [1.165, 1.54) is 6.07 Å². The molecule has 3 aromatic rings. The number of aliphatic imine (C=N–C) groups is 1. The molecule has 0 amide bonds. The summed E-state index contributed by atoms with van der Waals surface area (Å²) >= 11 is 0. The van der Waals surface area contributed by atoms with Crippen LogP contribution in [0.15, 0.2) is 58.2 Å². The number of hydrogen-bond acceptors (Lipinski definition) is 5. The fraction of sp³-hybridized carbons (Fsp3) is 0.364. The lowest BCUT2D eigenvalue weighted by molar-refractivity contribution is 0.421. The van der Waals surface area contributed by atoms with E-state index in [9.17, 15) is 4.39 Å². The molecule has 2 heterocycles. The first-order valence-corrected chi connectivity index (χ1v) is 10.2. The van der Waals surface area contributed by atoms with E-state index in [2.05, 4.69) is 25.8 Å². The van der Waals surface area contributed by atoms with Crippen molar-refractivity contribution in [1.82, 2.24) is 25.8 Å². The SMILES string of the molecule is CCNC(=NCC1(c2ccccc2F)CC1)NCCc1noc(-c2ccccn2)n1. The van der Waals surface area contributed by atoms with Crippen LogP contribution in [0, 0.1) is 5.82 Å². The quantitative estimate of drug-likeness (QED) is 0.440. The van der Waals surface area contributed by atoms with Crippen LogP contribution in [-0.2, 0) is 11.8 Å². The van der Waals surface area contributed by atoms with Gasteiger partial charge in [0.2, 0.25) is 0 Å². The molecule has 8 heteroatoms. The molecule has 2 N–H and O–H groups in total. The number of nitrogens with zero attached hydrogens (tertiary/aromatic N) is 4. The maximum atomic E-state index is 14.2. The fourth-order valence-electron chi connectivity index (χ4n) is 3.37. The zero-order chi connectivity index (χ0) is 20.8. The summed E-state index contributed by atoms with van der Waals surface area (Å²) in [6.07, 6.45) is 4.18. The number of aromatic nitrogens is 3. The van der Waals surface area contributed by atoms with Gasteiger partial charge in [0.05, 0.1) is 6.54 Å². The van der Waals surface area contributed by atoms with Gasteiger partial charge in [-0.2, -0.15) is 4.98 Å². The van der Waals surface area contributed by atoms with Crippen LogP contribution >= 0.6 is 0 Å². The molecule has 1 aromatic carbocycles. The third kappa shape index (κ3) is 4.64. The van der Waals surface area contributed by atoms with E-state index in [1.54, 1.807) is 12.3 Å². The Morgan fingerprint density at radius 3 is 2.73 bits per heavy atom. The van der Waals surface area contributed by atoms with Crippen molar-refractivity contribution < 1.29 is 8.91 Å². The Hall–Kier alpha value is -3.29. The molecule has 7 nitrogen and oxygen atoms in total. The minimum Gasteiger partial charge on any atom is -0.357 e. The second kappa shape index (κ2) is 9.02. The van der Waals surface area contributed by atoms with E-state index >= 15 is 0 Å². The lowest BCUT2D eigenvalue weighted by atomic mass is 9.95. The van der Waals surface area contributed by atoms with Crippen molar-refractivity contribution in [3.8, 4) is 11.6 Å². The van der Waals surface area contributed by atoms with Crippen LogP contribution in [0.4, 0.5) is 4.39 Å². The zero-order valence-electron chi connectivity index (χ0n) is 16.9. The standard InChI is InChI=1S/C22H25FN6O/c1-2-24-21(27-15-22(11-12-22)16-7-3-4-8-17(16)23)26-14-10-19-28-20(30-29-19)18-9-5-6-13-25-18/h3-9,13H,2,10-12,14-15H2,1H3,(H2,24,26,27). The van der Waals surface area contributed by atoms with Gasteiger partial charge in [0.1, 0.15) is 11.5 Å². The monoisotopic (exact) mass is 408 g/mol. The number of rotatable bonds is 8. The smallest absolute Gasteiger partial charge is 0.276 e. The first-order chi connectivity index (χ1) is 14.7. The summed E-state index contributed by atoms with van der Waals surface area (Å²) < 4.78 is 19.5. The predicted molar refractivity (Wildman–Crippen MR) is 113 cm³/mol. The highest BCUT2D eigenvalue weighted by molar-refractivity contribution is 5.79. The number of pyridine rings is 1.